The smallest absolute Gasteiger partial charge is 0.119 e. The molecule has 1 aromatic carbocycles. The maximum absolute atomic E-state index is 9.55. The monoisotopic (exact) mass is 372 g/mol. The van der Waals surface area contributed by atoms with Crippen molar-refractivity contribution in [3.63, 3.8) is 0 Å². The molecule has 2 aromatic rings. The highest BCUT2D eigenvalue weighted by Crippen LogP contribution is 2.20. The summed E-state index contributed by atoms with van der Waals surface area (Å²) in [5, 5.41) is 13.9. The molecule has 0 unspecified atom stereocenters. The first-order valence-electron chi connectivity index (χ1n) is 9.87. The summed E-state index contributed by atoms with van der Waals surface area (Å²) < 4.78 is 7.47. The molecule has 3 rings (SSSR count). The average molecular weight is 373 g/mol. The van der Waals surface area contributed by atoms with Gasteiger partial charge in [0.2, 0.25) is 0 Å². The van der Waals surface area contributed by atoms with Crippen molar-refractivity contribution < 1.29 is 9.84 Å². The largest absolute Gasteiger partial charge is 0.494 e. The number of aliphatic hydroxyl groups is 1. The van der Waals surface area contributed by atoms with Crippen LogP contribution >= 0.6 is 0 Å². The van der Waals surface area contributed by atoms with E-state index in [1.54, 1.807) is 0 Å². The molecule has 1 aliphatic rings. The van der Waals surface area contributed by atoms with E-state index in [-0.39, 0.29) is 6.61 Å². The van der Waals surface area contributed by atoms with Gasteiger partial charge in [-0.3, -0.25) is 14.5 Å². The molecule has 27 heavy (non-hydrogen) atoms. The fourth-order valence-electron chi connectivity index (χ4n) is 3.76. The maximum atomic E-state index is 9.55. The summed E-state index contributed by atoms with van der Waals surface area (Å²) in [5.41, 5.74) is 3.81. The quantitative estimate of drug-likeness (QED) is 0.770. The highest BCUT2D eigenvalue weighted by molar-refractivity contribution is 5.27. The molecule has 1 aromatic heterocycles. The Hall–Kier alpha value is -1.89. The molecular formula is C21H32N4O2. The van der Waals surface area contributed by atoms with Crippen molar-refractivity contribution in [2.75, 3.05) is 32.8 Å². The van der Waals surface area contributed by atoms with E-state index >= 15 is 0 Å². The summed E-state index contributed by atoms with van der Waals surface area (Å²) >= 11 is 0. The predicted octanol–water partition coefficient (Wildman–Crippen LogP) is 2.20. The fourth-order valence-corrected chi connectivity index (χ4v) is 3.76. The van der Waals surface area contributed by atoms with Crippen LogP contribution in [-0.2, 0) is 20.1 Å². The summed E-state index contributed by atoms with van der Waals surface area (Å²) in [6.07, 6.45) is 2.78. The van der Waals surface area contributed by atoms with Gasteiger partial charge in [0.1, 0.15) is 5.75 Å². The number of hydrogen-bond acceptors (Lipinski definition) is 5. The number of nitrogens with zero attached hydrogens (tertiary/aromatic N) is 4. The Balaban J connectivity index is 1.61. The molecule has 1 fully saturated rings. The number of piperazine rings is 1. The van der Waals surface area contributed by atoms with Crippen LogP contribution in [0.15, 0.2) is 30.5 Å². The van der Waals surface area contributed by atoms with E-state index in [1.807, 2.05) is 37.0 Å². The van der Waals surface area contributed by atoms with Crippen molar-refractivity contribution in [3.8, 4) is 5.75 Å². The number of rotatable bonds is 8. The van der Waals surface area contributed by atoms with Crippen molar-refractivity contribution in [1.82, 2.24) is 19.6 Å². The van der Waals surface area contributed by atoms with E-state index in [1.165, 1.54) is 16.8 Å². The zero-order valence-electron chi connectivity index (χ0n) is 16.8. The van der Waals surface area contributed by atoms with Crippen LogP contribution in [0.3, 0.4) is 0 Å². The molecule has 1 saturated heterocycles. The van der Waals surface area contributed by atoms with Crippen molar-refractivity contribution in [3.05, 3.63) is 47.3 Å². The third kappa shape index (κ3) is 5.09. The van der Waals surface area contributed by atoms with Crippen LogP contribution in [0.25, 0.3) is 0 Å². The molecule has 0 aliphatic carbocycles. The highest BCUT2D eigenvalue weighted by Gasteiger charge is 2.27. The van der Waals surface area contributed by atoms with Crippen LogP contribution in [0.1, 0.15) is 30.2 Å². The summed E-state index contributed by atoms with van der Waals surface area (Å²) in [5.74, 6) is 0.921. The Morgan fingerprint density at radius 1 is 1.19 bits per heavy atom. The second-order valence-corrected chi connectivity index (χ2v) is 7.33. The van der Waals surface area contributed by atoms with Crippen LogP contribution in [0, 0.1) is 6.92 Å². The van der Waals surface area contributed by atoms with Gasteiger partial charge in [0.25, 0.3) is 0 Å². The first-order chi connectivity index (χ1) is 13.1. The molecule has 6 heteroatoms. The number of aliphatic hydroxyl groups excluding tert-OH is 1. The number of aryl methyl sites for hydroxylation is 1. The van der Waals surface area contributed by atoms with Crippen LogP contribution < -0.4 is 4.74 Å². The van der Waals surface area contributed by atoms with E-state index in [4.69, 9.17) is 4.74 Å². The Bertz CT molecular complexity index is 713. The van der Waals surface area contributed by atoms with Gasteiger partial charge in [-0.2, -0.15) is 5.10 Å². The normalized spacial score (nSPS) is 18.7. The van der Waals surface area contributed by atoms with Crippen LogP contribution in [0.5, 0.6) is 5.75 Å². The van der Waals surface area contributed by atoms with E-state index in [2.05, 4.69) is 34.0 Å². The van der Waals surface area contributed by atoms with Crippen LogP contribution in [-0.4, -0.2) is 63.6 Å². The second-order valence-electron chi connectivity index (χ2n) is 7.33. The molecule has 1 aliphatic heterocycles. The Labute approximate surface area is 162 Å². The summed E-state index contributed by atoms with van der Waals surface area (Å²) in [6.45, 7) is 9.90. The summed E-state index contributed by atoms with van der Waals surface area (Å²) in [6, 6.07) is 8.74. The molecule has 148 valence electrons. The first kappa shape index (κ1) is 19.9. The van der Waals surface area contributed by atoms with Crippen molar-refractivity contribution in [2.45, 2.75) is 39.4 Å². The molecule has 0 radical (unpaired) electrons. The second kappa shape index (κ2) is 9.35. The van der Waals surface area contributed by atoms with Crippen molar-refractivity contribution in [1.29, 1.82) is 0 Å². The lowest BCUT2D eigenvalue weighted by Crippen LogP contribution is -2.52. The standard InChI is InChI=1S/C21H32N4O2/c1-4-27-21-7-5-18(6-8-21)14-25-11-10-24(16-20(25)9-12-26)15-19-13-22-23(3)17(19)2/h5-8,13,20,26H,4,9-12,14-16H2,1-3H3/t20-/m0/s1. The van der Waals surface area contributed by atoms with Gasteiger partial charge in [-0.25, -0.2) is 0 Å². The van der Waals surface area contributed by atoms with Crippen molar-refractivity contribution in [2.24, 2.45) is 7.05 Å². The Morgan fingerprint density at radius 2 is 1.96 bits per heavy atom. The molecule has 6 nitrogen and oxygen atoms in total. The average Bonchev–Trinajstić information content (AvgIpc) is 2.98. The van der Waals surface area contributed by atoms with Gasteiger partial charge in [-0.05, 0) is 38.0 Å². The van der Waals surface area contributed by atoms with E-state index in [9.17, 15) is 5.11 Å². The number of aromatic nitrogens is 2. The van der Waals surface area contributed by atoms with Gasteiger partial charge in [0, 0.05) is 63.7 Å². The minimum Gasteiger partial charge on any atom is -0.494 e. The molecule has 1 atom stereocenters. The van der Waals surface area contributed by atoms with E-state index in [0.717, 1.165) is 44.9 Å². The summed E-state index contributed by atoms with van der Waals surface area (Å²) in [4.78, 5) is 4.98. The number of benzene rings is 1. The van der Waals surface area contributed by atoms with Gasteiger partial charge in [0.15, 0.2) is 0 Å². The maximum Gasteiger partial charge on any atom is 0.119 e. The number of hydrogen-bond donors (Lipinski definition) is 1. The lowest BCUT2D eigenvalue weighted by Gasteiger charge is -2.41. The minimum absolute atomic E-state index is 0.226. The lowest BCUT2D eigenvalue weighted by molar-refractivity contribution is 0.0499. The molecule has 0 bridgehead atoms. The molecular weight excluding hydrogens is 340 g/mol. The molecule has 1 N–H and O–H groups in total. The SMILES string of the molecule is CCOc1ccc(CN2CCN(Cc3cnn(C)c3C)C[C@@H]2CCO)cc1. The Morgan fingerprint density at radius 3 is 2.59 bits per heavy atom. The zero-order valence-corrected chi connectivity index (χ0v) is 16.8. The van der Waals surface area contributed by atoms with Gasteiger partial charge in [-0.1, -0.05) is 12.1 Å². The topological polar surface area (TPSA) is 53.8 Å². The van der Waals surface area contributed by atoms with Gasteiger partial charge >= 0.3 is 0 Å². The van der Waals surface area contributed by atoms with Crippen LogP contribution in [0.4, 0.5) is 0 Å². The Kier molecular flexibility index (Phi) is 6.88. The van der Waals surface area contributed by atoms with Gasteiger partial charge in [-0.15, -0.1) is 0 Å². The zero-order chi connectivity index (χ0) is 19.2. The molecule has 0 spiro atoms. The van der Waals surface area contributed by atoms with Crippen molar-refractivity contribution >= 4 is 0 Å². The molecule has 2 heterocycles. The number of ether oxygens (including phenoxy) is 1. The predicted molar refractivity (Wildman–Crippen MR) is 107 cm³/mol. The molecule has 0 amide bonds. The van der Waals surface area contributed by atoms with E-state index < -0.39 is 0 Å². The third-order valence-electron chi connectivity index (χ3n) is 5.50. The first-order valence-corrected chi connectivity index (χ1v) is 9.87. The highest BCUT2D eigenvalue weighted by atomic mass is 16.5. The fraction of sp³-hybridized carbons (Fsp3) is 0.571. The van der Waals surface area contributed by atoms with Gasteiger partial charge in [0.05, 0.1) is 12.8 Å². The lowest BCUT2D eigenvalue weighted by atomic mass is 10.1. The summed E-state index contributed by atoms with van der Waals surface area (Å²) in [7, 11) is 1.99. The minimum atomic E-state index is 0.226. The van der Waals surface area contributed by atoms with E-state index in [0.29, 0.717) is 12.6 Å². The van der Waals surface area contributed by atoms with Crippen LogP contribution in [0.2, 0.25) is 0 Å². The molecule has 0 saturated carbocycles. The third-order valence-corrected chi connectivity index (χ3v) is 5.50. The van der Waals surface area contributed by atoms with Gasteiger partial charge < -0.3 is 9.84 Å².